The van der Waals surface area contributed by atoms with Crippen LogP contribution in [0.15, 0.2) is 206 Å². The fourth-order valence-corrected chi connectivity index (χ4v) is 10.9. The van der Waals surface area contributed by atoms with Crippen molar-refractivity contribution >= 4 is 49.0 Å². The number of rotatable bonds is 6. The van der Waals surface area contributed by atoms with Gasteiger partial charge in [0.25, 0.3) is 0 Å². The molecule has 2 aliphatic rings. The SMILES string of the molecule is C1=CC(N(c2ccc3c(c2)sc2ccccc23)c2cccc3c2-c2ccccc2C3(c2ccccc2)c2ccccc2)C(c2ccccc2)c2ccccc21. The standard InChI is InChI=1S/C53H37NS/c1-4-18-37(19-5-1)51-41-24-11-10-17-36(41)31-34-48(51)54(40-32-33-43-42-25-13-15-30-49(42)55-50(43)35-40)47-29-16-28-46-52(47)44-26-12-14-27-45(44)53(46,38-20-6-2-7-21-38)39-22-8-3-9-23-39/h1-35,48,51H. The molecule has 1 heterocycles. The van der Waals surface area contributed by atoms with Crippen molar-refractivity contribution < 1.29 is 0 Å². The highest BCUT2D eigenvalue weighted by Gasteiger charge is 2.48. The van der Waals surface area contributed by atoms with Gasteiger partial charge in [0.05, 0.1) is 11.5 Å². The Morgan fingerprint density at radius 2 is 1.13 bits per heavy atom. The quantitative estimate of drug-likeness (QED) is 0.165. The average Bonchev–Trinajstić information content (AvgIpc) is 3.78. The van der Waals surface area contributed by atoms with Crippen LogP contribution in [0.3, 0.4) is 0 Å². The maximum absolute atomic E-state index is 2.66. The van der Waals surface area contributed by atoms with Crippen LogP contribution < -0.4 is 4.90 Å². The first-order valence-corrected chi connectivity index (χ1v) is 20.0. The third kappa shape index (κ3) is 4.85. The van der Waals surface area contributed by atoms with Crippen LogP contribution in [0.1, 0.15) is 44.9 Å². The fourth-order valence-electron chi connectivity index (χ4n) is 9.73. The van der Waals surface area contributed by atoms with Gasteiger partial charge in [-0.3, -0.25) is 0 Å². The van der Waals surface area contributed by atoms with E-state index in [4.69, 9.17) is 0 Å². The molecule has 0 spiro atoms. The lowest BCUT2D eigenvalue weighted by Crippen LogP contribution is -2.37. The second-order valence-corrected chi connectivity index (χ2v) is 15.8. The Bertz CT molecular complexity index is 2850. The van der Waals surface area contributed by atoms with Crippen LogP contribution in [-0.4, -0.2) is 6.04 Å². The second kappa shape index (κ2) is 12.8. The van der Waals surface area contributed by atoms with E-state index in [1.165, 1.54) is 81.6 Å². The molecule has 0 radical (unpaired) electrons. The van der Waals surface area contributed by atoms with Crippen LogP contribution >= 0.6 is 11.3 Å². The summed E-state index contributed by atoms with van der Waals surface area (Å²) >= 11 is 1.88. The first kappa shape index (κ1) is 32.0. The van der Waals surface area contributed by atoms with E-state index in [9.17, 15) is 0 Å². The van der Waals surface area contributed by atoms with Gasteiger partial charge < -0.3 is 4.90 Å². The summed E-state index contributed by atoms with van der Waals surface area (Å²) in [4.78, 5) is 2.66. The lowest BCUT2D eigenvalue weighted by Gasteiger charge is -2.41. The molecule has 2 heteroatoms. The zero-order valence-electron chi connectivity index (χ0n) is 30.2. The van der Waals surface area contributed by atoms with Crippen LogP contribution in [0.25, 0.3) is 37.4 Å². The fraction of sp³-hybridized carbons (Fsp3) is 0.0566. The van der Waals surface area contributed by atoms with Crippen LogP contribution in [0.5, 0.6) is 0 Å². The Labute approximate surface area is 326 Å². The molecular formula is C53H37NS. The maximum Gasteiger partial charge on any atom is 0.0714 e. The van der Waals surface area contributed by atoms with Crippen LogP contribution in [0.4, 0.5) is 11.4 Å². The van der Waals surface area contributed by atoms with Crippen LogP contribution in [0.2, 0.25) is 0 Å². The summed E-state index contributed by atoms with van der Waals surface area (Å²) in [6.07, 6.45) is 4.80. The van der Waals surface area contributed by atoms with Crippen molar-refractivity contribution in [3.8, 4) is 11.1 Å². The van der Waals surface area contributed by atoms with Gasteiger partial charge in [-0.25, -0.2) is 0 Å². The van der Waals surface area contributed by atoms with Crippen LogP contribution in [-0.2, 0) is 5.41 Å². The van der Waals surface area contributed by atoms with E-state index < -0.39 is 5.41 Å². The predicted molar refractivity (Wildman–Crippen MR) is 233 cm³/mol. The third-order valence-corrected chi connectivity index (χ3v) is 13.1. The van der Waals surface area contributed by atoms with Gasteiger partial charge in [0, 0.05) is 43.0 Å². The van der Waals surface area contributed by atoms with Gasteiger partial charge in [-0.2, -0.15) is 0 Å². The van der Waals surface area contributed by atoms with Crippen molar-refractivity contribution in [3.05, 3.63) is 245 Å². The predicted octanol–water partition coefficient (Wildman–Crippen LogP) is 13.8. The first-order valence-electron chi connectivity index (χ1n) is 19.2. The smallest absolute Gasteiger partial charge is 0.0714 e. The lowest BCUT2D eigenvalue weighted by atomic mass is 9.67. The Kier molecular flexibility index (Phi) is 7.46. The Hall–Kier alpha value is -6.48. The molecule has 2 unspecified atom stereocenters. The van der Waals surface area contributed by atoms with E-state index in [0.717, 1.165) is 0 Å². The minimum absolute atomic E-state index is 0.00811. The number of hydrogen-bond donors (Lipinski definition) is 0. The maximum atomic E-state index is 2.66. The largest absolute Gasteiger partial charge is 0.333 e. The van der Waals surface area contributed by atoms with E-state index in [1.54, 1.807) is 0 Å². The number of hydrogen-bond acceptors (Lipinski definition) is 2. The monoisotopic (exact) mass is 719 g/mol. The molecule has 0 bridgehead atoms. The van der Waals surface area contributed by atoms with Crippen molar-refractivity contribution in [2.45, 2.75) is 17.4 Å². The summed E-state index contributed by atoms with van der Waals surface area (Å²) < 4.78 is 2.62. The van der Waals surface area contributed by atoms with Gasteiger partial charge in [-0.1, -0.05) is 188 Å². The van der Waals surface area contributed by atoms with Crippen molar-refractivity contribution in [2.75, 3.05) is 4.90 Å². The van der Waals surface area contributed by atoms with E-state index in [-0.39, 0.29) is 12.0 Å². The number of nitrogens with zero attached hydrogens (tertiary/aromatic N) is 1. The molecule has 9 aromatic rings. The minimum Gasteiger partial charge on any atom is -0.333 e. The number of thiophene rings is 1. The normalized spacial score (nSPS) is 16.4. The molecule has 8 aromatic carbocycles. The molecule has 11 rings (SSSR count). The van der Waals surface area contributed by atoms with Gasteiger partial charge in [-0.05, 0) is 68.8 Å². The molecule has 2 atom stereocenters. The molecule has 0 N–H and O–H groups in total. The summed E-state index contributed by atoms with van der Waals surface area (Å²) in [6.45, 7) is 0. The van der Waals surface area contributed by atoms with E-state index in [2.05, 4.69) is 217 Å². The summed E-state index contributed by atoms with van der Waals surface area (Å²) in [5, 5.41) is 2.63. The molecule has 2 aliphatic carbocycles. The van der Waals surface area contributed by atoms with Gasteiger partial charge in [0.15, 0.2) is 0 Å². The molecule has 0 saturated heterocycles. The van der Waals surface area contributed by atoms with Gasteiger partial charge >= 0.3 is 0 Å². The van der Waals surface area contributed by atoms with Gasteiger partial charge in [0.2, 0.25) is 0 Å². The molecule has 0 amide bonds. The summed E-state index contributed by atoms with van der Waals surface area (Å²) in [5.41, 5.74) is 13.6. The molecule has 260 valence electrons. The van der Waals surface area contributed by atoms with E-state index in [1.807, 2.05) is 11.3 Å². The molecule has 0 fully saturated rings. The van der Waals surface area contributed by atoms with Crippen molar-refractivity contribution in [3.63, 3.8) is 0 Å². The average molecular weight is 720 g/mol. The van der Waals surface area contributed by atoms with Gasteiger partial charge in [0.1, 0.15) is 0 Å². The molecular weight excluding hydrogens is 683 g/mol. The summed E-state index contributed by atoms with van der Waals surface area (Å²) in [5.74, 6) is 0.0982. The highest BCUT2D eigenvalue weighted by atomic mass is 32.1. The van der Waals surface area contributed by atoms with Crippen LogP contribution in [0, 0.1) is 0 Å². The summed E-state index contributed by atoms with van der Waals surface area (Å²) in [6, 6.07) is 74.4. The Morgan fingerprint density at radius 1 is 0.491 bits per heavy atom. The zero-order valence-corrected chi connectivity index (χ0v) is 31.0. The first-order chi connectivity index (χ1) is 27.3. The highest BCUT2D eigenvalue weighted by Crippen LogP contribution is 2.59. The van der Waals surface area contributed by atoms with Crippen molar-refractivity contribution in [2.24, 2.45) is 0 Å². The van der Waals surface area contributed by atoms with E-state index in [0.29, 0.717) is 0 Å². The number of benzene rings is 8. The van der Waals surface area contributed by atoms with Crippen molar-refractivity contribution in [1.29, 1.82) is 0 Å². The molecule has 0 aliphatic heterocycles. The Morgan fingerprint density at radius 3 is 1.93 bits per heavy atom. The Balaban J connectivity index is 1.23. The molecule has 1 nitrogen and oxygen atoms in total. The van der Waals surface area contributed by atoms with Gasteiger partial charge in [-0.15, -0.1) is 11.3 Å². The molecule has 55 heavy (non-hydrogen) atoms. The molecule has 0 saturated carbocycles. The minimum atomic E-state index is -0.487. The summed E-state index contributed by atoms with van der Waals surface area (Å²) in [7, 11) is 0. The van der Waals surface area contributed by atoms with Crippen molar-refractivity contribution in [1.82, 2.24) is 0 Å². The molecule has 1 aromatic heterocycles. The topological polar surface area (TPSA) is 3.24 Å². The number of anilines is 2. The number of fused-ring (bicyclic) bond motifs is 7. The van der Waals surface area contributed by atoms with E-state index >= 15 is 0 Å². The second-order valence-electron chi connectivity index (χ2n) is 14.7. The lowest BCUT2D eigenvalue weighted by molar-refractivity contribution is 0.672. The highest BCUT2D eigenvalue weighted by molar-refractivity contribution is 7.25. The zero-order chi connectivity index (χ0) is 36.3. The third-order valence-electron chi connectivity index (χ3n) is 12.0.